The monoisotopic (exact) mass is 335 g/mol. The van der Waals surface area contributed by atoms with Crippen LogP contribution in [0.5, 0.6) is 11.5 Å². The van der Waals surface area contributed by atoms with Crippen LogP contribution in [0.4, 0.5) is 0 Å². The minimum atomic E-state index is -3.38. The van der Waals surface area contributed by atoms with Crippen LogP contribution < -0.4 is 14.2 Å². The molecule has 2 aromatic rings. The molecule has 2 rings (SSSR count). The van der Waals surface area contributed by atoms with Crippen LogP contribution >= 0.6 is 0 Å². The summed E-state index contributed by atoms with van der Waals surface area (Å²) >= 11 is 0. The molecule has 0 radical (unpaired) electrons. The van der Waals surface area contributed by atoms with Crippen molar-refractivity contribution in [1.29, 1.82) is 0 Å². The Balaban J connectivity index is 1.82. The second-order valence-corrected chi connectivity index (χ2v) is 6.91. The topological polar surface area (TPSA) is 64.6 Å². The molecule has 2 aromatic carbocycles. The summed E-state index contributed by atoms with van der Waals surface area (Å²) in [4.78, 5) is 0. The van der Waals surface area contributed by atoms with Gasteiger partial charge in [0.05, 0.1) is 12.9 Å². The van der Waals surface area contributed by atoms with E-state index in [9.17, 15) is 8.42 Å². The molecule has 0 aliphatic rings. The van der Waals surface area contributed by atoms with Crippen molar-refractivity contribution in [2.75, 3.05) is 20.3 Å². The van der Waals surface area contributed by atoms with Gasteiger partial charge in [-0.2, -0.15) is 0 Å². The number of aryl methyl sites for hydroxylation is 1. The molecular formula is C17H21NO4S. The summed E-state index contributed by atoms with van der Waals surface area (Å²) in [6, 6.07) is 14.6. The highest BCUT2D eigenvalue weighted by Crippen LogP contribution is 2.18. The summed E-state index contributed by atoms with van der Waals surface area (Å²) in [6.07, 6.45) is 0. The number of sulfonamides is 1. The number of methoxy groups -OCH3 is 1. The van der Waals surface area contributed by atoms with Crippen molar-refractivity contribution >= 4 is 10.0 Å². The van der Waals surface area contributed by atoms with Gasteiger partial charge >= 0.3 is 0 Å². The maximum Gasteiger partial charge on any atom is 0.215 e. The third-order valence-electron chi connectivity index (χ3n) is 3.34. The van der Waals surface area contributed by atoms with Gasteiger partial charge in [-0.25, -0.2) is 13.1 Å². The Bertz CT molecular complexity index is 744. The zero-order valence-corrected chi connectivity index (χ0v) is 14.1. The fourth-order valence-electron chi connectivity index (χ4n) is 2.08. The lowest BCUT2D eigenvalue weighted by atomic mass is 10.1. The number of benzene rings is 2. The van der Waals surface area contributed by atoms with Crippen molar-refractivity contribution in [3.8, 4) is 11.5 Å². The van der Waals surface area contributed by atoms with Crippen LogP contribution in [-0.4, -0.2) is 28.7 Å². The Morgan fingerprint density at radius 2 is 1.78 bits per heavy atom. The van der Waals surface area contributed by atoms with Crippen LogP contribution in [0.15, 0.2) is 48.5 Å². The largest absolute Gasteiger partial charge is 0.497 e. The maximum absolute atomic E-state index is 12.1. The number of hydrogen-bond donors (Lipinski definition) is 1. The van der Waals surface area contributed by atoms with E-state index in [0.29, 0.717) is 11.5 Å². The van der Waals surface area contributed by atoms with E-state index in [2.05, 4.69) is 4.72 Å². The highest BCUT2D eigenvalue weighted by atomic mass is 32.2. The molecule has 0 heterocycles. The lowest BCUT2D eigenvalue weighted by molar-refractivity contribution is 0.320. The van der Waals surface area contributed by atoms with Crippen molar-refractivity contribution in [3.05, 3.63) is 59.7 Å². The molecule has 0 saturated heterocycles. The molecule has 0 aliphatic carbocycles. The van der Waals surface area contributed by atoms with Crippen LogP contribution in [0.3, 0.4) is 0 Å². The molecule has 0 spiro atoms. The molecule has 1 N–H and O–H groups in total. The summed E-state index contributed by atoms with van der Waals surface area (Å²) in [5.74, 6) is 1.31. The Labute approximate surface area is 137 Å². The quantitative estimate of drug-likeness (QED) is 0.753. The normalized spacial score (nSPS) is 11.2. The van der Waals surface area contributed by atoms with Gasteiger partial charge < -0.3 is 9.47 Å². The van der Waals surface area contributed by atoms with Crippen LogP contribution in [0.25, 0.3) is 0 Å². The highest BCUT2D eigenvalue weighted by Gasteiger charge is 2.12. The van der Waals surface area contributed by atoms with Gasteiger partial charge in [0.1, 0.15) is 18.1 Å². The summed E-state index contributed by atoms with van der Waals surface area (Å²) in [6.45, 7) is 2.36. The molecule has 23 heavy (non-hydrogen) atoms. The molecule has 0 unspecified atom stereocenters. The third kappa shape index (κ3) is 5.58. The van der Waals surface area contributed by atoms with Crippen molar-refractivity contribution in [2.45, 2.75) is 12.7 Å². The van der Waals surface area contributed by atoms with Crippen LogP contribution in [0.1, 0.15) is 11.1 Å². The first-order valence-electron chi connectivity index (χ1n) is 7.29. The second kappa shape index (κ2) is 7.99. The lowest BCUT2D eigenvalue weighted by Crippen LogP contribution is -2.29. The average Bonchev–Trinajstić information content (AvgIpc) is 2.54. The molecule has 0 fully saturated rings. The Morgan fingerprint density at radius 1 is 1.04 bits per heavy atom. The van der Waals surface area contributed by atoms with E-state index in [1.165, 1.54) is 0 Å². The van der Waals surface area contributed by atoms with Crippen molar-refractivity contribution in [3.63, 3.8) is 0 Å². The molecule has 0 aliphatic heterocycles. The van der Waals surface area contributed by atoms with E-state index in [4.69, 9.17) is 9.47 Å². The molecule has 124 valence electrons. The maximum atomic E-state index is 12.1. The van der Waals surface area contributed by atoms with Crippen molar-refractivity contribution in [1.82, 2.24) is 4.72 Å². The minimum absolute atomic E-state index is 0.0289. The fourth-order valence-corrected chi connectivity index (χ4v) is 3.31. The van der Waals surface area contributed by atoms with Gasteiger partial charge in [0, 0.05) is 12.6 Å². The number of nitrogens with one attached hydrogen (secondary N) is 1. The van der Waals surface area contributed by atoms with E-state index in [1.54, 1.807) is 19.2 Å². The number of hydrogen-bond acceptors (Lipinski definition) is 4. The molecular weight excluding hydrogens is 314 g/mol. The van der Waals surface area contributed by atoms with Gasteiger partial charge in [-0.05, 0) is 30.2 Å². The third-order valence-corrected chi connectivity index (χ3v) is 4.68. The number of ether oxygens (including phenoxy) is 2. The molecule has 0 bridgehead atoms. The lowest BCUT2D eigenvalue weighted by Gasteiger charge is -2.10. The fraction of sp³-hybridized carbons (Fsp3) is 0.294. The van der Waals surface area contributed by atoms with Gasteiger partial charge in [-0.1, -0.05) is 30.3 Å². The highest BCUT2D eigenvalue weighted by molar-refractivity contribution is 7.88. The second-order valence-electron chi connectivity index (χ2n) is 5.11. The summed E-state index contributed by atoms with van der Waals surface area (Å²) in [5.41, 5.74) is 1.76. The van der Waals surface area contributed by atoms with E-state index in [1.807, 2.05) is 43.3 Å². The first-order chi connectivity index (χ1) is 11.0. The summed E-state index contributed by atoms with van der Waals surface area (Å²) < 4.78 is 37.3. The van der Waals surface area contributed by atoms with Gasteiger partial charge in [-0.3, -0.25) is 0 Å². The van der Waals surface area contributed by atoms with Crippen molar-refractivity contribution < 1.29 is 17.9 Å². The van der Waals surface area contributed by atoms with Crippen LogP contribution in [0.2, 0.25) is 0 Å². The first kappa shape index (κ1) is 17.3. The Morgan fingerprint density at radius 3 is 2.52 bits per heavy atom. The van der Waals surface area contributed by atoms with Crippen molar-refractivity contribution in [2.24, 2.45) is 0 Å². The SMILES string of the molecule is COc1cccc(OCCNS(=O)(=O)Cc2ccccc2C)c1. The number of rotatable bonds is 8. The van der Waals surface area contributed by atoms with E-state index < -0.39 is 10.0 Å². The zero-order chi connectivity index (χ0) is 16.7. The summed E-state index contributed by atoms with van der Waals surface area (Å²) in [5, 5.41) is 0. The van der Waals surface area contributed by atoms with Gasteiger partial charge in [0.25, 0.3) is 0 Å². The smallest absolute Gasteiger partial charge is 0.215 e. The zero-order valence-electron chi connectivity index (χ0n) is 13.3. The Hall–Kier alpha value is -2.05. The van der Waals surface area contributed by atoms with Gasteiger partial charge in [0.15, 0.2) is 0 Å². The molecule has 0 amide bonds. The molecule has 5 nitrogen and oxygen atoms in total. The van der Waals surface area contributed by atoms with Gasteiger partial charge in [-0.15, -0.1) is 0 Å². The molecule has 0 atom stereocenters. The standard InChI is InChI=1S/C17H21NO4S/c1-14-6-3-4-7-15(14)13-23(19,20)18-10-11-22-17-9-5-8-16(12-17)21-2/h3-9,12,18H,10-11,13H2,1-2H3. The first-order valence-corrected chi connectivity index (χ1v) is 8.94. The van der Waals surface area contributed by atoms with Crippen LogP contribution in [0, 0.1) is 6.92 Å². The predicted octanol–water partition coefficient (Wildman–Crippen LogP) is 2.50. The molecule has 0 aromatic heterocycles. The van der Waals surface area contributed by atoms with E-state index in [0.717, 1.165) is 11.1 Å². The molecule has 0 saturated carbocycles. The van der Waals surface area contributed by atoms with E-state index in [-0.39, 0.29) is 18.9 Å². The minimum Gasteiger partial charge on any atom is -0.497 e. The summed E-state index contributed by atoms with van der Waals surface area (Å²) in [7, 11) is -1.80. The Kier molecular flexibility index (Phi) is 6.01. The van der Waals surface area contributed by atoms with E-state index >= 15 is 0 Å². The predicted molar refractivity (Wildman–Crippen MR) is 90.3 cm³/mol. The molecule has 6 heteroatoms. The van der Waals surface area contributed by atoms with Gasteiger partial charge in [0.2, 0.25) is 10.0 Å². The average molecular weight is 335 g/mol. The van der Waals surface area contributed by atoms with Crippen LogP contribution in [-0.2, 0) is 15.8 Å².